The zero-order chi connectivity index (χ0) is 19.6. The van der Waals surface area contributed by atoms with Gasteiger partial charge < -0.3 is 14.8 Å². The number of fused-ring (bicyclic) bond motifs is 1. The maximum Gasteiger partial charge on any atom is 0.305 e. The zero-order valence-electron chi connectivity index (χ0n) is 15.3. The predicted molar refractivity (Wildman–Crippen MR) is 107 cm³/mol. The van der Waals surface area contributed by atoms with Crippen molar-refractivity contribution in [2.45, 2.75) is 25.9 Å². The molecule has 3 N–H and O–H groups in total. The maximum absolute atomic E-state index is 12.1. The van der Waals surface area contributed by atoms with Crippen LogP contribution in [0.15, 0.2) is 42.5 Å². The SMILES string of the molecule is COC(=O)CCCNC(=S)NNC(=O)[C@@H](C)Oc1ccc2ccccc2c1. The zero-order valence-corrected chi connectivity index (χ0v) is 16.1. The Hall–Kier alpha value is -2.87. The Morgan fingerprint density at radius 3 is 2.59 bits per heavy atom. The van der Waals surface area contributed by atoms with Crippen LogP contribution in [0.1, 0.15) is 19.8 Å². The molecule has 0 spiro atoms. The van der Waals surface area contributed by atoms with Gasteiger partial charge in [0.25, 0.3) is 5.91 Å². The Kier molecular flexibility index (Phi) is 7.81. The molecule has 7 nitrogen and oxygen atoms in total. The molecule has 0 radical (unpaired) electrons. The molecule has 0 aliphatic carbocycles. The maximum atomic E-state index is 12.1. The van der Waals surface area contributed by atoms with Crippen LogP contribution in [-0.2, 0) is 14.3 Å². The van der Waals surface area contributed by atoms with E-state index in [4.69, 9.17) is 17.0 Å². The molecule has 0 aliphatic heterocycles. The summed E-state index contributed by atoms with van der Waals surface area (Å²) in [4.78, 5) is 23.1. The van der Waals surface area contributed by atoms with Gasteiger partial charge in [-0.25, -0.2) is 0 Å². The molecule has 0 unspecified atom stereocenters. The van der Waals surface area contributed by atoms with Crippen LogP contribution in [0.5, 0.6) is 5.75 Å². The number of methoxy groups -OCH3 is 1. The lowest BCUT2D eigenvalue weighted by Gasteiger charge is -2.16. The van der Waals surface area contributed by atoms with Crippen LogP contribution in [0, 0.1) is 0 Å². The average molecular weight is 389 g/mol. The van der Waals surface area contributed by atoms with E-state index in [1.165, 1.54) is 7.11 Å². The summed E-state index contributed by atoms with van der Waals surface area (Å²) in [5.41, 5.74) is 5.10. The molecule has 2 rings (SSSR count). The number of hydrazine groups is 1. The molecule has 27 heavy (non-hydrogen) atoms. The third-order valence-electron chi connectivity index (χ3n) is 3.77. The summed E-state index contributed by atoms with van der Waals surface area (Å²) in [6.07, 6.45) is 0.166. The number of nitrogens with one attached hydrogen (secondary N) is 3. The molecule has 0 saturated carbocycles. The molecule has 2 aromatic rings. The highest BCUT2D eigenvalue weighted by molar-refractivity contribution is 7.80. The van der Waals surface area contributed by atoms with Crippen LogP contribution in [0.2, 0.25) is 0 Å². The number of carbonyl (C=O) groups is 2. The van der Waals surface area contributed by atoms with Crippen molar-refractivity contribution in [3.05, 3.63) is 42.5 Å². The van der Waals surface area contributed by atoms with Gasteiger partial charge in [-0.1, -0.05) is 30.3 Å². The van der Waals surface area contributed by atoms with Gasteiger partial charge in [-0.15, -0.1) is 0 Å². The van der Waals surface area contributed by atoms with Crippen molar-refractivity contribution in [2.75, 3.05) is 13.7 Å². The van der Waals surface area contributed by atoms with E-state index in [1.807, 2.05) is 42.5 Å². The van der Waals surface area contributed by atoms with E-state index in [1.54, 1.807) is 6.92 Å². The lowest BCUT2D eigenvalue weighted by Crippen LogP contribution is -2.50. The van der Waals surface area contributed by atoms with Gasteiger partial charge in [-0.3, -0.25) is 20.4 Å². The van der Waals surface area contributed by atoms with Crippen LogP contribution >= 0.6 is 12.2 Å². The molecule has 8 heteroatoms. The van der Waals surface area contributed by atoms with Gasteiger partial charge in [0.05, 0.1) is 7.11 Å². The van der Waals surface area contributed by atoms with Gasteiger partial charge in [0, 0.05) is 13.0 Å². The van der Waals surface area contributed by atoms with Gasteiger partial charge in [0.15, 0.2) is 11.2 Å². The highest BCUT2D eigenvalue weighted by Crippen LogP contribution is 2.21. The lowest BCUT2D eigenvalue weighted by atomic mass is 10.1. The first-order valence-corrected chi connectivity index (χ1v) is 8.96. The summed E-state index contributed by atoms with van der Waals surface area (Å²) in [6.45, 7) is 2.14. The Morgan fingerprint density at radius 1 is 1.11 bits per heavy atom. The summed E-state index contributed by atoms with van der Waals surface area (Å²) in [7, 11) is 1.35. The number of rotatable bonds is 7. The molecule has 144 valence electrons. The van der Waals surface area contributed by atoms with Gasteiger partial charge in [-0.2, -0.15) is 0 Å². The number of thiocarbonyl (C=S) groups is 1. The Morgan fingerprint density at radius 2 is 1.85 bits per heavy atom. The van der Waals surface area contributed by atoms with E-state index in [-0.39, 0.29) is 17.0 Å². The largest absolute Gasteiger partial charge is 0.481 e. The average Bonchev–Trinajstić information content (AvgIpc) is 2.68. The Balaban J connectivity index is 1.73. The first-order chi connectivity index (χ1) is 13.0. The van der Waals surface area contributed by atoms with Crippen molar-refractivity contribution in [1.29, 1.82) is 0 Å². The molecule has 0 saturated heterocycles. The number of carbonyl (C=O) groups excluding carboxylic acids is 2. The quantitative estimate of drug-likeness (QED) is 0.289. The minimum absolute atomic E-state index is 0.256. The van der Waals surface area contributed by atoms with Crippen molar-refractivity contribution < 1.29 is 19.1 Å². The molecule has 0 bridgehead atoms. The summed E-state index contributed by atoms with van der Waals surface area (Å²) in [6, 6.07) is 13.6. The van der Waals surface area contributed by atoms with Crippen LogP contribution in [-0.4, -0.2) is 36.7 Å². The number of amides is 1. The minimum Gasteiger partial charge on any atom is -0.481 e. The van der Waals surface area contributed by atoms with Gasteiger partial charge in [0.2, 0.25) is 0 Å². The van der Waals surface area contributed by atoms with E-state index in [0.29, 0.717) is 25.1 Å². The van der Waals surface area contributed by atoms with Crippen molar-refractivity contribution in [3.8, 4) is 5.75 Å². The molecule has 0 heterocycles. The monoisotopic (exact) mass is 389 g/mol. The summed E-state index contributed by atoms with van der Waals surface area (Å²) in [5.74, 6) is -0.0228. The fourth-order valence-electron chi connectivity index (χ4n) is 2.30. The second-order valence-electron chi connectivity index (χ2n) is 5.82. The van der Waals surface area contributed by atoms with Crippen LogP contribution in [0.4, 0.5) is 0 Å². The third kappa shape index (κ3) is 6.74. The van der Waals surface area contributed by atoms with E-state index in [9.17, 15) is 9.59 Å². The summed E-state index contributed by atoms with van der Waals surface area (Å²) in [5, 5.41) is 5.28. The van der Waals surface area contributed by atoms with E-state index >= 15 is 0 Å². The fraction of sp³-hybridized carbons (Fsp3) is 0.316. The second kappa shape index (κ2) is 10.3. The Bertz CT molecular complexity index is 812. The van der Waals surface area contributed by atoms with Crippen LogP contribution in [0.3, 0.4) is 0 Å². The number of benzene rings is 2. The highest BCUT2D eigenvalue weighted by Gasteiger charge is 2.15. The van der Waals surface area contributed by atoms with Crippen molar-refractivity contribution >= 4 is 40.0 Å². The topological polar surface area (TPSA) is 88.7 Å². The molecule has 0 aromatic heterocycles. The lowest BCUT2D eigenvalue weighted by molar-refractivity contribution is -0.140. The van der Waals surface area contributed by atoms with Crippen molar-refractivity contribution in [2.24, 2.45) is 0 Å². The van der Waals surface area contributed by atoms with Crippen molar-refractivity contribution in [1.82, 2.24) is 16.2 Å². The number of hydrogen-bond acceptors (Lipinski definition) is 5. The van der Waals surface area contributed by atoms with E-state index in [0.717, 1.165) is 10.8 Å². The molecule has 1 amide bonds. The molecular formula is C19H23N3O4S. The number of ether oxygens (including phenoxy) is 2. The summed E-state index contributed by atoms with van der Waals surface area (Å²) < 4.78 is 10.2. The van der Waals surface area contributed by atoms with E-state index < -0.39 is 6.10 Å². The highest BCUT2D eigenvalue weighted by atomic mass is 32.1. The third-order valence-corrected chi connectivity index (χ3v) is 4.02. The predicted octanol–water partition coefficient (Wildman–Crippen LogP) is 2.06. The second-order valence-corrected chi connectivity index (χ2v) is 6.23. The van der Waals surface area contributed by atoms with Crippen molar-refractivity contribution in [3.63, 3.8) is 0 Å². The van der Waals surface area contributed by atoms with Gasteiger partial charge >= 0.3 is 5.97 Å². The molecular weight excluding hydrogens is 366 g/mol. The standard InChI is InChI=1S/C19H23N3O4S/c1-13(26-16-10-9-14-6-3-4-7-15(14)12-16)18(24)21-22-19(27)20-11-5-8-17(23)25-2/h3-4,6-7,9-10,12-13H,5,8,11H2,1-2H3,(H,21,24)(H2,20,22,27)/t13-/m1/s1. The molecule has 2 aromatic carbocycles. The smallest absolute Gasteiger partial charge is 0.305 e. The fourth-order valence-corrected chi connectivity index (χ4v) is 2.45. The number of hydrogen-bond donors (Lipinski definition) is 3. The normalized spacial score (nSPS) is 11.3. The first kappa shape index (κ1) is 20.4. The van der Waals surface area contributed by atoms with Crippen LogP contribution < -0.4 is 20.9 Å². The Labute approximate surface area is 163 Å². The van der Waals surface area contributed by atoms with Gasteiger partial charge in [-0.05, 0) is 48.5 Å². The summed E-state index contributed by atoms with van der Waals surface area (Å²) >= 11 is 5.06. The first-order valence-electron chi connectivity index (χ1n) is 8.55. The van der Waals surface area contributed by atoms with E-state index in [2.05, 4.69) is 20.9 Å². The van der Waals surface area contributed by atoms with Crippen LogP contribution in [0.25, 0.3) is 10.8 Å². The molecule has 0 aliphatic rings. The minimum atomic E-state index is -0.708. The molecule has 1 atom stereocenters. The van der Waals surface area contributed by atoms with Gasteiger partial charge in [0.1, 0.15) is 5.75 Å². The number of esters is 1. The molecule has 0 fully saturated rings.